The van der Waals surface area contributed by atoms with Crippen LogP contribution in [0.15, 0.2) is 18.2 Å². The molecule has 0 saturated heterocycles. The van der Waals surface area contributed by atoms with E-state index in [9.17, 15) is 0 Å². The van der Waals surface area contributed by atoms with Crippen LogP contribution in [0.3, 0.4) is 0 Å². The molecule has 0 amide bonds. The molecule has 61 valence electrons. The van der Waals surface area contributed by atoms with Crippen molar-refractivity contribution in [2.24, 2.45) is 0 Å². The van der Waals surface area contributed by atoms with Crippen molar-refractivity contribution in [2.75, 3.05) is 6.61 Å². The van der Waals surface area contributed by atoms with Crippen molar-refractivity contribution < 1.29 is 4.74 Å². The van der Waals surface area contributed by atoms with Gasteiger partial charge in [-0.1, -0.05) is 25.0 Å². The van der Waals surface area contributed by atoms with Crippen molar-refractivity contribution in [3.8, 4) is 5.75 Å². The number of fused-ring (bicyclic) bond motifs is 1. The number of rotatable bonds is 1. The quantitative estimate of drug-likeness (QED) is 0.562. The summed E-state index contributed by atoms with van der Waals surface area (Å²) in [7, 11) is 2.10. The molecule has 2 rings (SSSR count). The number of hydrogen-bond donors (Lipinski definition) is 0. The predicted octanol–water partition coefficient (Wildman–Crippen LogP) is 1.39. The van der Waals surface area contributed by atoms with Gasteiger partial charge in [0.2, 0.25) is 0 Å². The van der Waals surface area contributed by atoms with Crippen LogP contribution in [-0.2, 0) is 6.42 Å². The first kappa shape index (κ1) is 7.72. The number of para-hydroxylation sites is 1. The van der Waals surface area contributed by atoms with E-state index in [4.69, 9.17) is 4.74 Å². The fraction of sp³-hybridized carbons (Fsp3) is 0.400. The normalized spacial score (nSPS) is 14.8. The summed E-state index contributed by atoms with van der Waals surface area (Å²) in [5.74, 6) is 1.10. The third-order valence-corrected chi connectivity index (χ3v) is 2.27. The van der Waals surface area contributed by atoms with Crippen LogP contribution in [0.25, 0.3) is 0 Å². The zero-order valence-electron chi connectivity index (χ0n) is 7.34. The van der Waals surface area contributed by atoms with E-state index in [1.165, 1.54) is 11.0 Å². The van der Waals surface area contributed by atoms with E-state index in [1.54, 1.807) is 0 Å². The fourth-order valence-electron chi connectivity index (χ4n) is 1.64. The van der Waals surface area contributed by atoms with Gasteiger partial charge in [0.15, 0.2) is 7.28 Å². The van der Waals surface area contributed by atoms with Crippen molar-refractivity contribution in [2.45, 2.75) is 19.7 Å². The Hall–Kier alpha value is -0.915. The van der Waals surface area contributed by atoms with Gasteiger partial charge in [-0.05, 0) is 23.9 Å². The van der Waals surface area contributed by atoms with Crippen LogP contribution in [0.2, 0.25) is 6.82 Å². The van der Waals surface area contributed by atoms with Gasteiger partial charge in [0.1, 0.15) is 5.75 Å². The van der Waals surface area contributed by atoms with Gasteiger partial charge >= 0.3 is 0 Å². The molecule has 1 radical (unpaired) electrons. The SMILES string of the molecule is C[B]c1cccc2c1OCCC2. The monoisotopic (exact) mass is 159 g/mol. The van der Waals surface area contributed by atoms with Crippen molar-refractivity contribution >= 4 is 12.7 Å². The molecule has 1 aliphatic heterocycles. The fourth-order valence-corrected chi connectivity index (χ4v) is 1.64. The summed E-state index contributed by atoms with van der Waals surface area (Å²) in [4.78, 5) is 0. The highest BCUT2D eigenvalue weighted by Crippen LogP contribution is 2.21. The molecule has 12 heavy (non-hydrogen) atoms. The Labute approximate surface area is 74.0 Å². The third kappa shape index (κ3) is 1.22. The lowest BCUT2D eigenvalue weighted by Gasteiger charge is -2.19. The Morgan fingerprint density at radius 3 is 3.17 bits per heavy atom. The van der Waals surface area contributed by atoms with Crippen LogP contribution in [0, 0.1) is 0 Å². The molecule has 0 fully saturated rings. The van der Waals surface area contributed by atoms with Crippen LogP contribution < -0.4 is 10.2 Å². The molecule has 0 atom stereocenters. The van der Waals surface area contributed by atoms with E-state index >= 15 is 0 Å². The lowest BCUT2D eigenvalue weighted by molar-refractivity contribution is 0.291. The van der Waals surface area contributed by atoms with Crippen molar-refractivity contribution in [1.29, 1.82) is 0 Å². The zero-order valence-corrected chi connectivity index (χ0v) is 7.34. The highest BCUT2D eigenvalue weighted by Gasteiger charge is 2.12. The summed E-state index contributed by atoms with van der Waals surface area (Å²) in [5.41, 5.74) is 2.59. The van der Waals surface area contributed by atoms with Gasteiger partial charge in [-0.2, -0.15) is 0 Å². The summed E-state index contributed by atoms with van der Waals surface area (Å²) in [6.45, 7) is 2.92. The van der Waals surface area contributed by atoms with Crippen molar-refractivity contribution in [3.05, 3.63) is 23.8 Å². The van der Waals surface area contributed by atoms with E-state index < -0.39 is 0 Å². The molecule has 1 nitrogen and oxygen atoms in total. The lowest BCUT2D eigenvalue weighted by atomic mass is 9.72. The van der Waals surface area contributed by atoms with Crippen molar-refractivity contribution in [3.63, 3.8) is 0 Å². The molecule has 0 unspecified atom stereocenters. The van der Waals surface area contributed by atoms with Gasteiger partial charge in [0.05, 0.1) is 6.61 Å². The highest BCUT2D eigenvalue weighted by molar-refractivity contribution is 6.53. The second-order valence-corrected chi connectivity index (χ2v) is 3.08. The Balaban J connectivity index is 2.44. The molecule has 0 bridgehead atoms. The smallest absolute Gasteiger partial charge is 0.153 e. The van der Waals surface area contributed by atoms with E-state index in [1.807, 2.05) is 6.82 Å². The Bertz CT molecular complexity index is 269. The van der Waals surface area contributed by atoms with Crippen LogP contribution in [0.1, 0.15) is 12.0 Å². The molecule has 2 heteroatoms. The van der Waals surface area contributed by atoms with Crippen LogP contribution in [-0.4, -0.2) is 13.9 Å². The topological polar surface area (TPSA) is 9.23 Å². The van der Waals surface area contributed by atoms with E-state index in [2.05, 4.69) is 25.5 Å². The molecular weight excluding hydrogens is 147 g/mol. The van der Waals surface area contributed by atoms with Gasteiger partial charge in [0.25, 0.3) is 0 Å². The van der Waals surface area contributed by atoms with Gasteiger partial charge < -0.3 is 4.74 Å². The molecule has 1 aromatic rings. The average molecular weight is 159 g/mol. The predicted molar refractivity (Wildman–Crippen MR) is 51.5 cm³/mol. The molecule has 0 spiro atoms. The van der Waals surface area contributed by atoms with Gasteiger partial charge in [-0.15, -0.1) is 0 Å². The maximum atomic E-state index is 5.61. The number of ether oxygens (including phenoxy) is 1. The third-order valence-electron chi connectivity index (χ3n) is 2.27. The second kappa shape index (κ2) is 3.22. The summed E-state index contributed by atoms with van der Waals surface area (Å²) < 4.78 is 5.61. The van der Waals surface area contributed by atoms with Crippen LogP contribution in [0.5, 0.6) is 5.75 Å². The summed E-state index contributed by atoms with van der Waals surface area (Å²) >= 11 is 0. The summed E-state index contributed by atoms with van der Waals surface area (Å²) in [6.07, 6.45) is 2.32. The molecule has 0 N–H and O–H groups in total. The van der Waals surface area contributed by atoms with Gasteiger partial charge in [0, 0.05) is 0 Å². The summed E-state index contributed by atoms with van der Waals surface area (Å²) in [5, 5.41) is 0. The Morgan fingerprint density at radius 2 is 2.33 bits per heavy atom. The van der Waals surface area contributed by atoms with Crippen LogP contribution in [0.4, 0.5) is 0 Å². The first-order chi connectivity index (χ1) is 5.92. The molecule has 1 aromatic carbocycles. The molecule has 1 heterocycles. The summed E-state index contributed by atoms with van der Waals surface area (Å²) in [6, 6.07) is 6.36. The minimum absolute atomic E-state index is 0.873. The van der Waals surface area contributed by atoms with E-state index in [0.29, 0.717) is 0 Å². The highest BCUT2D eigenvalue weighted by atomic mass is 16.5. The molecule has 0 aromatic heterocycles. The maximum absolute atomic E-state index is 5.61. The Kier molecular flexibility index (Phi) is 2.07. The minimum atomic E-state index is 0.873. The largest absolute Gasteiger partial charge is 0.494 e. The van der Waals surface area contributed by atoms with Crippen molar-refractivity contribution in [1.82, 2.24) is 0 Å². The van der Waals surface area contributed by atoms with Crippen LogP contribution >= 0.6 is 0 Å². The number of hydrogen-bond acceptors (Lipinski definition) is 1. The first-order valence-corrected chi connectivity index (χ1v) is 4.46. The molecule has 1 aliphatic rings. The standard InChI is InChI=1S/C10H12BO/c1-11-9-6-2-4-8-5-3-7-12-10(8)9/h2,4,6H,3,5,7H2,1H3. The number of aryl methyl sites for hydroxylation is 1. The minimum Gasteiger partial charge on any atom is -0.494 e. The first-order valence-electron chi connectivity index (χ1n) is 4.46. The average Bonchev–Trinajstić information content (AvgIpc) is 2.17. The number of benzene rings is 1. The molecule has 0 saturated carbocycles. The molecular formula is C10H12BO. The van der Waals surface area contributed by atoms with Gasteiger partial charge in [-0.25, -0.2) is 0 Å². The second-order valence-electron chi connectivity index (χ2n) is 3.08. The Morgan fingerprint density at radius 1 is 1.42 bits per heavy atom. The zero-order chi connectivity index (χ0) is 8.39. The molecule has 0 aliphatic carbocycles. The lowest BCUT2D eigenvalue weighted by Crippen LogP contribution is -2.20. The van der Waals surface area contributed by atoms with E-state index in [-0.39, 0.29) is 0 Å². The van der Waals surface area contributed by atoms with E-state index in [0.717, 1.165) is 25.2 Å². The maximum Gasteiger partial charge on any atom is 0.153 e. The van der Waals surface area contributed by atoms with Gasteiger partial charge in [-0.3, -0.25) is 0 Å².